The maximum atomic E-state index is 5.01. The van der Waals surface area contributed by atoms with E-state index in [-0.39, 0.29) is 0 Å². The van der Waals surface area contributed by atoms with E-state index < -0.39 is 0 Å². The molecule has 1 rings (SSSR count). The third-order valence-electron chi connectivity index (χ3n) is 1.97. The first-order valence-corrected chi connectivity index (χ1v) is 4.70. The van der Waals surface area contributed by atoms with Crippen LogP contribution in [0.2, 0.25) is 0 Å². The number of benzene rings is 1. The normalized spacial score (nSPS) is 9.83. The SMILES string of the molecule is CCN(CC)c1ccc([S-])cc1. The van der Waals surface area contributed by atoms with Crippen molar-refractivity contribution in [1.82, 2.24) is 0 Å². The largest absolute Gasteiger partial charge is 0.780 e. The number of hydrogen-bond acceptors (Lipinski definition) is 2. The summed E-state index contributed by atoms with van der Waals surface area (Å²) in [6.45, 7) is 6.41. The molecular weight excluding hydrogens is 166 g/mol. The molecule has 0 aliphatic carbocycles. The van der Waals surface area contributed by atoms with Crippen molar-refractivity contribution in [2.45, 2.75) is 18.7 Å². The van der Waals surface area contributed by atoms with Crippen molar-refractivity contribution < 1.29 is 0 Å². The standard InChI is InChI=1S/C10H15NS/c1-3-11(4-2)9-5-7-10(12)8-6-9/h5-8,12H,3-4H2,1-2H3/p-1. The minimum Gasteiger partial charge on any atom is -0.780 e. The fraction of sp³-hybridized carbons (Fsp3) is 0.400. The second-order valence-corrected chi connectivity index (χ2v) is 3.14. The fourth-order valence-corrected chi connectivity index (χ4v) is 1.38. The van der Waals surface area contributed by atoms with Gasteiger partial charge in [0.05, 0.1) is 0 Å². The van der Waals surface area contributed by atoms with E-state index in [0.29, 0.717) is 0 Å². The van der Waals surface area contributed by atoms with Crippen molar-refractivity contribution in [3.63, 3.8) is 0 Å². The third kappa shape index (κ3) is 2.11. The van der Waals surface area contributed by atoms with Crippen LogP contribution >= 0.6 is 0 Å². The molecule has 0 aliphatic heterocycles. The summed E-state index contributed by atoms with van der Waals surface area (Å²) in [5.41, 5.74) is 1.26. The molecule has 0 amide bonds. The number of nitrogens with zero attached hydrogens (tertiary/aromatic N) is 1. The summed E-state index contributed by atoms with van der Waals surface area (Å²) in [6.07, 6.45) is 0. The summed E-state index contributed by atoms with van der Waals surface area (Å²) >= 11 is 5.01. The Hall–Kier alpha value is -0.760. The van der Waals surface area contributed by atoms with Crippen LogP contribution in [0.5, 0.6) is 0 Å². The van der Waals surface area contributed by atoms with Crippen molar-refractivity contribution in [2.24, 2.45) is 0 Å². The molecule has 0 radical (unpaired) electrons. The van der Waals surface area contributed by atoms with E-state index in [1.54, 1.807) is 0 Å². The smallest absolute Gasteiger partial charge is 0.0364 e. The van der Waals surface area contributed by atoms with E-state index in [4.69, 9.17) is 12.6 Å². The van der Waals surface area contributed by atoms with Crippen LogP contribution in [-0.2, 0) is 12.6 Å². The van der Waals surface area contributed by atoms with Crippen LogP contribution in [0.15, 0.2) is 29.2 Å². The highest BCUT2D eigenvalue weighted by molar-refractivity contribution is 7.58. The zero-order chi connectivity index (χ0) is 8.97. The molecule has 0 bridgehead atoms. The van der Waals surface area contributed by atoms with Crippen LogP contribution in [0, 0.1) is 0 Å². The van der Waals surface area contributed by atoms with E-state index in [1.165, 1.54) is 5.69 Å². The van der Waals surface area contributed by atoms with Gasteiger partial charge in [0.2, 0.25) is 0 Å². The molecule has 0 saturated carbocycles. The highest BCUT2D eigenvalue weighted by Gasteiger charge is 1.97. The second kappa shape index (κ2) is 4.31. The molecule has 0 heterocycles. The Bertz CT molecular complexity index is 226. The molecule has 0 fully saturated rings. The van der Waals surface area contributed by atoms with Gasteiger partial charge in [0.1, 0.15) is 0 Å². The number of anilines is 1. The van der Waals surface area contributed by atoms with Crippen molar-refractivity contribution in [3.05, 3.63) is 24.3 Å². The van der Waals surface area contributed by atoms with E-state index >= 15 is 0 Å². The lowest BCUT2D eigenvalue weighted by molar-refractivity contribution is 0.865. The summed E-state index contributed by atoms with van der Waals surface area (Å²) in [6, 6.07) is 8.11. The Balaban J connectivity index is 2.80. The Labute approximate surface area is 79.8 Å². The first-order valence-electron chi connectivity index (χ1n) is 4.30. The number of rotatable bonds is 3. The Kier molecular flexibility index (Phi) is 3.35. The Morgan fingerprint density at radius 3 is 2.00 bits per heavy atom. The molecule has 1 nitrogen and oxygen atoms in total. The Morgan fingerprint density at radius 2 is 1.58 bits per heavy atom. The van der Waals surface area contributed by atoms with Crippen LogP contribution < -0.4 is 4.90 Å². The molecule has 0 aromatic heterocycles. The van der Waals surface area contributed by atoms with Gasteiger partial charge in [-0.3, -0.25) is 0 Å². The Morgan fingerprint density at radius 1 is 1.08 bits per heavy atom. The molecule has 66 valence electrons. The van der Waals surface area contributed by atoms with Gasteiger partial charge in [0.25, 0.3) is 0 Å². The summed E-state index contributed by atoms with van der Waals surface area (Å²) in [5.74, 6) is 0. The summed E-state index contributed by atoms with van der Waals surface area (Å²) in [7, 11) is 0. The molecular formula is C10H14NS-. The summed E-state index contributed by atoms with van der Waals surface area (Å²) in [5, 5.41) is 0. The topological polar surface area (TPSA) is 3.24 Å². The summed E-state index contributed by atoms with van der Waals surface area (Å²) < 4.78 is 0. The molecule has 2 heteroatoms. The maximum absolute atomic E-state index is 5.01. The van der Waals surface area contributed by atoms with Gasteiger partial charge in [-0.15, -0.1) is 0 Å². The molecule has 0 N–H and O–H groups in total. The average Bonchev–Trinajstić information content (AvgIpc) is 2.10. The van der Waals surface area contributed by atoms with Crippen molar-refractivity contribution in [3.8, 4) is 0 Å². The van der Waals surface area contributed by atoms with E-state index in [1.807, 2.05) is 12.1 Å². The van der Waals surface area contributed by atoms with Gasteiger partial charge in [-0.25, -0.2) is 0 Å². The first-order chi connectivity index (χ1) is 5.77. The lowest BCUT2D eigenvalue weighted by atomic mass is 10.3. The van der Waals surface area contributed by atoms with Crippen LogP contribution in [0.25, 0.3) is 0 Å². The lowest BCUT2D eigenvalue weighted by Crippen LogP contribution is -2.21. The highest BCUT2D eigenvalue weighted by Crippen LogP contribution is 2.14. The molecule has 0 spiro atoms. The number of hydrogen-bond donors (Lipinski definition) is 0. The lowest BCUT2D eigenvalue weighted by Gasteiger charge is -2.21. The van der Waals surface area contributed by atoms with Crippen molar-refractivity contribution in [1.29, 1.82) is 0 Å². The van der Waals surface area contributed by atoms with Gasteiger partial charge < -0.3 is 17.5 Å². The molecule has 1 aromatic rings. The van der Waals surface area contributed by atoms with E-state index in [0.717, 1.165) is 18.0 Å². The monoisotopic (exact) mass is 180 g/mol. The quantitative estimate of drug-likeness (QED) is 0.657. The van der Waals surface area contributed by atoms with Crippen LogP contribution in [0.4, 0.5) is 5.69 Å². The van der Waals surface area contributed by atoms with Gasteiger partial charge >= 0.3 is 0 Å². The van der Waals surface area contributed by atoms with Gasteiger partial charge in [0.15, 0.2) is 0 Å². The van der Waals surface area contributed by atoms with Gasteiger partial charge in [-0.2, -0.15) is 4.90 Å². The highest BCUT2D eigenvalue weighted by atomic mass is 32.1. The minimum atomic E-state index is 0.908. The molecule has 0 unspecified atom stereocenters. The van der Waals surface area contributed by atoms with Gasteiger partial charge in [-0.05, 0) is 26.0 Å². The molecule has 0 aliphatic rings. The fourth-order valence-electron chi connectivity index (χ4n) is 1.25. The predicted octanol–water partition coefficient (Wildman–Crippen LogP) is 2.44. The average molecular weight is 180 g/mol. The van der Waals surface area contributed by atoms with Crippen LogP contribution in [0.3, 0.4) is 0 Å². The minimum absolute atomic E-state index is 0.908. The van der Waals surface area contributed by atoms with E-state index in [2.05, 4.69) is 30.9 Å². The second-order valence-electron chi connectivity index (χ2n) is 2.67. The van der Waals surface area contributed by atoms with E-state index in [9.17, 15) is 0 Å². The summed E-state index contributed by atoms with van der Waals surface area (Å²) in [4.78, 5) is 3.21. The maximum Gasteiger partial charge on any atom is 0.0364 e. The van der Waals surface area contributed by atoms with Crippen LogP contribution in [0.1, 0.15) is 13.8 Å². The predicted molar refractivity (Wildman–Crippen MR) is 55.6 cm³/mol. The van der Waals surface area contributed by atoms with Gasteiger partial charge in [-0.1, -0.05) is 12.1 Å². The molecule has 0 saturated heterocycles. The first kappa shape index (κ1) is 9.33. The zero-order valence-electron chi connectivity index (χ0n) is 7.58. The molecule has 0 atom stereocenters. The van der Waals surface area contributed by atoms with Crippen molar-refractivity contribution >= 4 is 18.3 Å². The molecule has 1 aromatic carbocycles. The van der Waals surface area contributed by atoms with Gasteiger partial charge in [0, 0.05) is 18.8 Å². The molecule has 12 heavy (non-hydrogen) atoms. The third-order valence-corrected chi connectivity index (χ3v) is 2.24. The van der Waals surface area contributed by atoms with Crippen LogP contribution in [-0.4, -0.2) is 13.1 Å². The zero-order valence-corrected chi connectivity index (χ0v) is 8.40. The van der Waals surface area contributed by atoms with Crippen molar-refractivity contribution in [2.75, 3.05) is 18.0 Å².